The average Bonchev–Trinajstić information content (AvgIpc) is 2.38. The molecule has 1 fully saturated rings. The van der Waals surface area contributed by atoms with E-state index in [4.69, 9.17) is 0 Å². The highest BCUT2D eigenvalue weighted by Crippen LogP contribution is 2.29. The maximum atomic E-state index is 13.2. The molecule has 1 heterocycles. The second-order valence-electron chi connectivity index (χ2n) is 5.95. The van der Waals surface area contributed by atoms with Crippen LogP contribution in [0.5, 0.6) is 0 Å². The second-order valence-corrected chi connectivity index (χ2v) is 6.81. The smallest absolute Gasteiger partial charge is 0.123 e. The number of hydrogen-bond acceptors (Lipinski definition) is 2. The lowest BCUT2D eigenvalue weighted by Gasteiger charge is -2.38. The van der Waals surface area contributed by atoms with Gasteiger partial charge in [0, 0.05) is 17.6 Å². The fraction of sp³-hybridized carbons (Fsp3) is 0.600. The summed E-state index contributed by atoms with van der Waals surface area (Å²) >= 11 is 3.46. The summed E-state index contributed by atoms with van der Waals surface area (Å²) in [6, 6.07) is 4.84. The minimum Gasteiger partial charge on any atom is -0.312 e. The molecule has 1 N–H and O–H groups in total. The van der Waals surface area contributed by atoms with E-state index in [0.717, 1.165) is 16.6 Å². The molecule has 0 aromatic heterocycles. The van der Waals surface area contributed by atoms with Gasteiger partial charge < -0.3 is 10.2 Å². The van der Waals surface area contributed by atoms with Crippen molar-refractivity contribution in [3.05, 3.63) is 34.1 Å². The molecule has 0 spiro atoms. The average molecular weight is 329 g/mol. The first kappa shape index (κ1) is 14.9. The Bertz CT molecular complexity index is 428. The van der Waals surface area contributed by atoms with Gasteiger partial charge in [0.2, 0.25) is 0 Å². The van der Waals surface area contributed by atoms with E-state index in [1.807, 2.05) is 0 Å². The van der Waals surface area contributed by atoms with Crippen LogP contribution in [0.25, 0.3) is 0 Å². The summed E-state index contributed by atoms with van der Waals surface area (Å²) in [6.45, 7) is 6.38. The Labute approximate surface area is 123 Å². The summed E-state index contributed by atoms with van der Waals surface area (Å²) in [6.07, 6.45) is 2.45. The molecule has 1 aromatic carbocycles. The van der Waals surface area contributed by atoms with Gasteiger partial charge >= 0.3 is 0 Å². The van der Waals surface area contributed by atoms with E-state index in [1.165, 1.54) is 32.0 Å². The summed E-state index contributed by atoms with van der Waals surface area (Å²) < 4.78 is 14.2. The summed E-state index contributed by atoms with van der Waals surface area (Å²) in [7, 11) is 2.18. The van der Waals surface area contributed by atoms with E-state index in [0.29, 0.717) is 12.0 Å². The van der Waals surface area contributed by atoms with Crippen molar-refractivity contribution in [3.63, 3.8) is 0 Å². The van der Waals surface area contributed by atoms with Gasteiger partial charge in [-0.05, 0) is 62.2 Å². The van der Waals surface area contributed by atoms with Crippen molar-refractivity contribution in [2.75, 3.05) is 26.7 Å². The molecule has 0 bridgehead atoms. The summed E-state index contributed by atoms with van der Waals surface area (Å²) in [5, 5.41) is 3.48. The maximum absolute atomic E-state index is 13.2. The van der Waals surface area contributed by atoms with E-state index in [9.17, 15) is 4.39 Å². The van der Waals surface area contributed by atoms with Gasteiger partial charge in [-0.1, -0.05) is 22.9 Å². The van der Waals surface area contributed by atoms with Crippen molar-refractivity contribution in [2.24, 2.45) is 5.41 Å². The highest BCUT2D eigenvalue weighted by atomic mass is 79.9. The quantitative estimate of drug-likeness (QED) is 0.911. The summed E-state index contributed by atoms with van der Waals surface area (Å²) in [5.74, 6) is -0.175. The second kappa shape index (κ2) is 6.33. The van der Waals surface area contributed by atoms with Crippen LogP contribution < -0.4 is 5.32 Å². The van der Waals surface area contributed by atoms with E-state index in [-0.39, 0.29) is 5.82 Å². The lowest BCUT2D eigenvalue weighted by molar-refractivity contribution is 0.137. The molecule has 1 saturated heterocycles. The van der Waals surface area contributed by atoms with Crippen LogP contribution in [-0.4, -0.2) is 31.6 Å². The zero-order chi connectivity index (χ0) is 13.9. The molecule has 0 aliphatic carbocycles. The Morgan fingerprint density at radius 3 is 2.74 bits per heavy atom. The highest BCUT2D eigenvalue weighted by molar-refractivity contribution is 9.10. The molecule has 4 heteroatoms. The van der Waals surface area contributed by atoms with Gasteiger partial charge in [-0.15, -0.1) is 0 Å². The minimum atomic E-state index is -0.175. The van der Waals surface area contributed by atoms with Gasteiger partial charge in [0.05, 0.1) is 0 Å². The van der Waals surface area contributed by atoms with Gasteiger partial charge in [0.15, 0.2) is 0 Å². The number of benzene rings is 1. The largest absolute Gasteiger partial charge is 0.312 e. The van der Waals surface area contributed by atoms with E-state index >= 15 is 0 Å². The van der Waals surface area contributed by atoms with Crippen LogP contribution in [0.4, 0.5) is 4.39 Å². The standard InChI is InChI=1S/C15H22BrFN2/c1-15(5-7-19(2)8-6-15)11-18-10-12-9-13(17)3-4-14(12)16/h3-4,9,18H,5-8,10-11H2,1-2H3. The molecule has 0 saturated carbocycles. The number of hydrogen-bond donors (Lipinski definition) is 1. The molecule has 1 aromatic rings. The van der Waals surface area contributed by atoms with Crippen LogP contribution in [0, 0.1) is 11.2 Å². The van der Waals surface area contributed by atoms with Crippen molar-refractivity contribution < 1.29 is 4.39 Å². The molecular formula is C15H22BrFN2. The fourth-order valence-corrected chi connectivity index (χ4v) is 2.90. The Balaban J connectivity index is 1.84. The van der Waals surface area contributed by atoms with Crippen LogP contribution in [0.2, 0.25) is 0 Å². The molecule has 0 atom stereocenters. The Hall–Kier alpha value is -0.450. The van der Waals surface area contributed by atoms with E-state index < -0.39 is 0 Å². The molecule has 2 nitrogen and oxygen atoms in total. The minimum absolute atomic E-state index is 0.175. The molecule has 0 unspecified atom stereocenters. The van der Waals surface area contributed by atoms with Crippen molar-refractivity contribution in [2.45, 2.75) is 26.3 Å². The van der Waals surface area contributed by atoms with Gasteiger partial charge in [-0.3, -0.25) is 0 Å². The van der Waals surface area contributed by atoms with Crippen LogP contribution in [0.1, 0.15) is 25.3 Å². The van der Waals surface area contributed by atoms with Crippen molar-refractivity contribution in [1.82, 2.24) is 10.2 Å². The highest BCUT2D eigenvalue weighted by Gasteiger charge is 2.28. The predicted molar refractivity (Wildman–Crippen MR) is 80.6 cm³/mol. The Morgan fingerprint density at radius 1 is 1.37 bits per heavy atom. The van der Waals surface area contributed by atoms with Gasteiger partial charge in [0.25, 0.3) is 0 Å². The molecule has 2 rings (SSSR count). The topological polar surface area (TPSA) is 15.3 Å². The van der Waals surface area contributed by atoms with Crippen molar-refractivity contribution in [1.29, 1.82) is 0 Å². The van der Waals surface area contributed by atoms with Gasteiger partial charge in [-0.2, -0.15) is 0 Å². The lowest BCUT2D eigenvalue weighted by atomic mass is 9.80. The number of likely N-dealkylation sites (tertiary alicyclic amines) is 1. The Morgan fingerprint density at radius 2 is 2.05 bits per heavy atom. The van der Waals surface area contributed by atoms with Crippen LogP contribution in [0.15, 0.2) is 22.7 Å². The molecule has 0 radical (unpaired) electrons. The normalized spacial score (nSPS) is 19.6. The molecule has 1 aliphatic heterocycles. The molecule has 1 aliphatic rings. The maximum Gasteiger partial charge on any atom is 0.123 e. The summed E-state index contributed by atoms with van der Waals surface area (Å²) in [4.78, 5) is 2.38. The van der Waals surface area contributed by atoms with Gasteiger partial charge in [-0.25, -0.2) is 4.39 Å². The molecule has 0 amide bonds. The number of rotatable bonds is 4. The predicted octanol–water partition coefficient (Wildman–Crippen LogP) is 3.41. The van der Waals surface area contributed by atoms with E-state index in [1.54, 1.807) is 12.1 Å². The van der Waals surface area contributed by atoms with Crippen LogP contribution in [-0.2, 0) is 6.54 Å². The van der Waals surface area contributed by atoms with Crippen molar-refractivity contribution >= 4 is 15.9 Å². The van der Waals surface area contributed by atoms with E-state index in [2.05, 4.69) is 40.1 Å². The first-order valence-electron chi connectivity index (χ1n) is 6.82. The first-order valence-corrected chi connectivity index (χ1v) is 7.61. The van der Waals surface area contributed by atoms with Crippen LogP contribution >= 0.6 is 15.9 Å². The monoisotopic (exact) mass is 328 g/mol. The zero-order valence-corrected chi connectivity index (χ0v) is 13.3. The van der Waals surface area contributed by atoms with Gasteiger partial charge in [0.1, 0.15) is 5.82 Å². The lowest BCUT2D eigenvalue weighted by Crippen LogP contribution is -2.41. The molecule has 19 heavy (non-hydrogen) atoms. The fourth-order valence-electron chi connectivity index (χ4n) is 2.51. The molecule has 106 valence electrons. The number of halogens is 2. The number of nitrogens with one attached hydrogen (secondary N) is 1. The van der Waals surface area contributed by atoms with Crippen molar-refractivity contribution in [3.8, 4) is 0 Å². The summed E-state index contributed by atoms with van der Waals surface area (Å²) in [5.41, 5.74) is 1.35. The third-order valence-electron chi connectivity index (χ3n) is 4.07. The number of piperidine rings is 1. The first-order chi connectivity index (χ1) is 8.98. The SMILES string of the molecule is CN1CCC(C)(CNCc2cc(F)ccc2Br)CC1. The van der Waals surface area contributed by atoms with Crippen LogP contribution in [0.3, 0.4) is 0 Å². The Kier molecular flexibility index (Phi) is 4.98. The molecular weight excluding hydrogens is 307 g/mol. The third-order valence-corrected chi connectivity index (χ3v) is 4.84. The number of nitrogens with zero attached hydrogens (tertiary/aromatic N) is 1. The third kappa shape index (κ3) is 4.26. The zero-order valence-electron chi connectivity index (χ0n) is 11.7.